The average Bonchev–Trinajstić information content (AvgIpc) is 3.03. The molecule has 5 nitrogen and oxygen atoms in total. The van der Waals surface area contributed by atoms with Gasteiger partial charge in [-0.3, -0.25) is 14.5 Å². The first-order valence-electron chi connectivity index (χ1n) is 8.29. The van der Waals surface area contributed by atoms with Gasteiger partial charge in [0.1, 0.15) is 6.23 Å². The number of hydrogen-bond donors (Lipinski definition) is 1. The van der Waals surface area contributed by atoms with Crippen LogP contribution in [0.25, 0.3) is 0 Å². The molecule has 2 amide bonds. The molecule has 0 radical (unpaired) electrons. The summed E-state index contributed by atoms with van der Waals surface area (Å²) in [4.78, 5) is 24.6. The predicted molar refractivity (Wildman–Crippen MR) is 86.9 cm³/mol. The topological polar surface area (TPSA) is 58.6 Å². The van der Waals surface area contributed by atoms with E-state index in [1.54, 1.807) is 13.2 Å². The SMILES string of the molecule is CC/C(=C/N(C=O)[C@H]1CCC(C(C)C(C)CC)O1)C(=O)NC. The number of nitrogens with zero attached hydrogens (tertiary/aromatic N) is 1. The minimum atomic E-state index is -0.264. The fraction of sp³-hybridized carbons (Fsp3) is 0.765. The van der Waals surface area contributed by atoms with Gasteiger partial charge >= 0.3 is 0 Å². The summed E-state index contributed by atoms with van der Waals surface area (Å²) in [5.41, 5.74) is 0.580. The summed E-state index contributed by atoms with van der Waals surface area (Å²) in [5, 5.41) is 2.59. The van der Waals surface area contributed by atoms with Crippen molar-refractivity contribution in [1.82, 2.24) is 10.2 Å². The van der Waals surface area contributed by atoms with Gasteiger partial charge in [0.15, 0.2) is 0 Å². The first-order valence-corrected chi connectivity index (χ1v) is 8.29. The molecule has 0 saturated carbocycles. The fourth-order valence-corrected chi connectivity index (χ4v) is 2.82. The second-order valence-electron chi connectivity index (χ2n) is 6.09. The lowest BCUT2D eigenvalue weighted by molar-refractivity contribution is -0.128. The van der Waals surface area contributed by atoms with Crippen LogP contribution >= 0.6 is 0 Å². The van der Waals surface area contributed by atoms with Crippen LogP contribution in [-0.2, 0) is 14.3 Å². The lowest BCUT2D eigenvalue weighted by atomic mass is 9.88. The lowest BCUT2D eigenvalue weighted by Crippen LogP contribution is -2.33. The van der Waals surface area contributed by atoms with E-state index in [0.29, 0.717) is 23.8 Å². The van der Waals surface area contributed by atoms with Gasteiger partial charge in [0, 0.05) is 18.8 Å². The van der Waals surface area contributed by atoms with Crippen molar-refractivity contribution in [2.45, 2.75) is 65.7 Å². The van der Waals surface area contributed by atoms with Gasteiger partial charge in [0.2, 0.25) is 12.3 Å². The van der Waals surface area contributed by atoms with Gasteiger partial charge in [0.25, 0.3) is 0 Å². The third-order valence-electron chi connectivity index (χ3n) is 4.82. The van der Waals surface area contributed by atoms with E-state index >= 15 is 0 Å². The number of carbonyl (C=O) groups is 2. The van der Waals surface area contributed by atoms with E-state index in [2.05, 4.69) is 26.1 Å². The van der Waals surface area contributed by atoms with Crippen LogP contribution in [0.4, 0.5) is 0 Å². The molecule has 3 unspecified atom stereocenters. The van der Waals surface area contributed by atoms with Gasteiger partial charge < -0.3 is 10.1 Å². The maximum absolute atomic E-state index is 11.7. The van der Waals surface area contributed by atoms with E-state index in [-0.39, 0.29) is 18.2 Å². The van der Waals surface area contributed by atoms with E-state index in [1.165, 1.54) is 4.90 Å². The monoisotopic (exact) mass is 310 g/mol. The molecule has 22 heavy (non-hydrogen) atoms. The van der Waals surface area contributed by atoms with E-state index < -0.39 is 0 Å². The normalized spacial score (nSPS) is 24.7. The molecule has 1 fully saturated rings. The van der Waals surface area contributed by atoms with Gasteiger partial charge in [-0.1, -0.05) is 34.1 Å². The number of ether oxygens (including phenoxy) is 1. The maximum Gasteiger partial charge on any atom is 0.248 e. The third kappa shape index (κ3) is 4.57. The molecule has 0 aromatic rings. The minimum absolute atomic E-state index is 0.156. The smallest absolute Gasteiger partial charge is 0.248 e. The molecule has 0 aromatic heterocycles. The Hall–Kier alpha value is -1.36. The van der Waals surface area contributed by atoms with Crippen LogP contribution in [0.1, 0.15) is 53.4 Å². The molecular weight excluding hydrogens is 280 g/mol. The van der Waals surface area contributed by atoms with E-state index in [1.807, 2.05) is 6.92 Å². The summed E-state index contributed by atoms with van der Waals surface area (Å²) in [6, 6.07) is 0. The highest BCUT2D eigenvalue weighted by molar-refractivity contribution is 5.93. The molecular formula is C17H30N2O3. The lowest BCUT2D eigenvalue weighted by Gasteiger charge is -2.27. The van der Waals surface area contributed by atoms with Gasteiger partial charge in [-0.2, -0.15) is 0 Å². The molecule has 1 rings (SSSR count). The molecule has 126 valence electrons. The number of nitrogens with one attached hydrogen (secondary N) is 1. The van der Waals surface area contributed by atoms with Crippen LogP contribution in [-0.4, -0.2) is 36.6 Å². The Morgan fingerprint density at radius 2 is 2.05 bits per heavy atom. The Kier molecular flexibility index (Phi) is 7.59. The zero-order valence-electron chi connectivity index (χ0n) is 14.5. The van der Waals surface area contributed by atoms with Gasteiger partial charge in [-0.15, -0.1) is 0 Å². The van der Waals surface area contributed by atoms with Crippen LogP contribution < -0.4 is 5.32 Å². The Bertz CT molecular complexity index is 409. The van der Waals surface area contributed by atoms with E-state index in [0.717, 1.165) is 25.7 Å². The van der Waals surface area contributed by atoms with E-state index in [4.69, 9.17) is 4.74 Å². The first-order chi connectivity index (χ1) is 10.5. The minimum Gasteiger partial charge on any atom is -0.355 e. The third-order valence-corrected chi connectivity index (χ3v) is 4.82. The quantitative estimate of drug-likeness (QED) is 0.554. The van der Waals surface area contributed by atoms with Crippen molar-refractivity contribution in [3.05, 3.63) is 11.8 Å². The molecule has 0 bridgehead atoms. The maximum atomic E-state index is 11.7. The zero-order chi connectivity index (χ0) is 16.7. The number of likely N-dealkylation sites (N-methyl/N-ethyl adjacent to an activating group) is 1. The highest BCUT2D eigenvalue weighted by Gasteiger charge is 2.34. The standard InChI is InChI=1S/C17H30N2O3/c1-6-12(3)13(4)15-8-9-16(22-15)19(11-20)10-14(7-2)17(21)18-5/h10-13,15-16H,6-9H2,1-5H3,(H,18,21)/b14-10-/t12?,13?,15?,16-/m1/s1. The van der Waals surface area contributed by atoms with Crippen LogP contribution in [0.15, 0.2) is 11.8 Å². The van der Waals surface area contributed by atoms with Gasteiger partial charge in [-0.05, 0) is 31.1 Å². The van der Waals surface area contributed by atoms with Crippen LogP contribution in [0.5, 0.6) is 0 Å². The Balaban J connectivity index is 2.75. The largest absolute Gasteiger partial charge is 0.355 e. The number of hydrogen-bond acceptors (Lipinski definition) is 3. The Morgan fingerprint density at radius 1 is 1.36 bits per heavy atom. The van der Waals surface area contributed by atoms with Crippen molar-refractivity contribution >= 4 is 12.3 Å². The average molecular weight is 310 g/mol. The molecule has 1 aliphatic rings. The Labute approximate surface area is 134 Å². The summed E-state index contributed by atoms with van der Waals surface area (Å²) in [7, 11) is 1.59. The number of carbonyl (C=O) groups excluding carboxylic acids is 2. The predicted octanol–water partition coefficient (Wildman–Crippen LogP) is 2.67. The van der Waals surface area contributed by atoms with Crippen molar-refractivity contribution in [2.24, 2.45) is 11.8 Å². The molecule has 4 atom stereocenters. The van der Waals surface area contributed by atoms with Crippen LogP contribution in [0, 0.1) is 11.8 Å². The highest BCUT2D eigenvalue weighted by Crippen LogP contribution is 2.32. The van der Waals surface area contributed by atoms with Crippen molar-refractivity contribution in [1.29, 1.82) is 0 Å². The summed E-state index contributed by atoms with van der Waals surface area (Å²) in [6.45, 7) is 8.53. The summed E-state index contributed by atoms with van der Waals surface area (Å²) < 4.78 is 6.08. The van der Waals surface area contributed by atoms with Crippen molar-refractivity contribution in [2.75, 3.05) is 7.05 Å². The molecule has 1 saturated heterocycles. The summed E-state index contributed by atoms with van der Waals surface area (Å²) in [5.74, 6) is 0.912. The van der Waals surface area contributed by atoms with Gasteiger partial charge in [-0.25, -0.2) is 0 Å². The Morgan fingerprint density at radius 3 is 2.55 bits per heavy atom. The fourth-order valence-electron chi connectivity index (χ4n) is 2.82. The second kappa shape index (κ2) is 8.93. The van der Waals surface area contributed by atoms with Crippen LogP contribution in [0.2, 0.25) is 0 Å². The molecule has 5 heteroatoms. The van der Waals surface area contributed by atoms with Crippen molar-refractivity contribution in [3.8, 4) is 0 Å². The number of rotatable bonds is 8. The van der Waals surface area contributed by atoms with Crippen molar-refractivity contribution in [3.63, 3.8) is 0 Å². The van der Waals surface area contributed by atoms with E-state index in [9.17, 15) is 9.59 Å². The first kappa shape index (κ1) is 18.7. The summed E-state index contributed by atoms with van der Waals surface area (Å²) in [6.07, 6.45) is 5.75. The van der Waals surface area contributed by atoms with Crippen molar-refractivity contribution < 1.29 is 14.3 Å². The second-order valence-corrected chi connectivity index (χ2v) is 6.09. The summed E-state index contributed by atoms with van der Waals surface area (Å²) >= 11 is 0. The molecule has 1 aliphatic heterocycles. The molecule has 1 N–H and O–H groups in total. The highest BCUT2D eigenvalue weighted by atomic mass is 16.5. The number of amides is 2. The van der Waals surface area contributed by atoms with Crippen LogP contribution in [0.3, 0.4) is 0 Å². The zero-order valence-corrected chi connectivity index (χ0v) is 14.5. The molecule has 1 heterocycles. The molecule has 0 aromatic carbocycles. The van der Waals surface area contributed by atoms with Gasteiger partial charge in [0.05, 0.1) is 6.10 Å². The molecule has 0 spiro atoms. The molecule has 0 aliphatic carbocycles.